The Morgan fingerprint density at radius 1 is 1.04 bits per heavy atom. The molecule has 0 bridgehead atoms. The van der Waals surface area contributed by atoms with Crippen molar-refractivity contribution in [1.29, 1.82) is 0 Å². The molecule has 3 N–H and O–H groups in total. The summed E-state index contributed by atoms with van der Waals surface area (Å²) in [6, 6.07) is -1.56. The first kappa shape index (κ1) is 25.7. The van der Waals surface area contributed by atoms with E-state index in [9.17, 15) is 19.2 Å². The third-order valence-corrected chi connectivity index (χ3v) is 4.75. The van der Waals surface area contributed by atoms with Gasteiger partial charge in [0.25, 0.3) is 0 Å². The van der Waals surface area contributed by atoms with Gasteiger partial charge in [-0.1, -0.05) is 32.5 Å². The monoisotopic (exact) mass is 400 g/mol. The predicted octanol–water partition coefficient (Wildman–Crippen LogP) is 1.02. The Bertz CT molecular complexity index is 555. The van der Waals surface area contributed by atoms with Crippen LogP contribution in [0.2, 0.25) is 6.32 Å². The SMILES string of the molecule is BCC(=O)SC[C@H](NC(=O)C(CCC(=O)O)NC(C)(C)C)C(=O)C(C)(C)C. The molecule has 0 aromatic carbocycles. The van der Waals surface area contributed by atoms with E-state index in [0.29, 0.717) is 6.32 Å². The fourth-order valence-electron chi connectivity index (χ4n) is 2.32. The summed E-state index contributed by atoms with van der Waals surface area (Å²) in [5.74, 6) is -1.43. The van der Waals surface area contributed by atoms with Gasteiger partial charge in [0.1, 0.15) is 7.85 Å². The molecule has 27 heavy (non-hydrogen) atoms. The Labute approximate surface area is 167 Å². The minimum atomic E-state index is -0.991. The van der Waals surface area contributed by atoms with Crippen molar-refractivity contribution in [3.05, 3.63) is 0 Å². The standard InChI is InChI=1S/C18H33BN2O5S/c1-17(2,3)15(25)12(10-27-14(24)9-19)20-16(26)11(7-8-13(22)23)21-18(4,5)6/h11-12,21H,7-10,19H2,1-6H3,(H,20,26)(H,22,23)/t11?,12-/m0/s1. The summed E-state index contributed by atoms with van der Waals surface area (Å²) in [6.07, 6.45) is 0.292. The van der Waals surface area contributed by atoms with Crippen LogP contribution in [0.15, 0.2) is 0 Å². The quantitative estimate of drug-likeness (QED) is 0.469. The van der Waals surface area contributed by atoms with E-state index in [4.69, 9.17) is 5.11 Å². The van der Waals surface area contributed by atoms with Crippen LogP contribution in [0.5, 0.6) is 0 Å². The van der Waals surface area contributed by atoms with Crippen molar-refractivity contribution < 1.29 is 24.3 Å². The van der Waals surface area contributed by atoms with Crippen LogP contribution in [-0.2, 0) is 19.2 Å². The molecule has 0 fully saturated rings. The summed E-state index contributed by atoms with van der Waals surface area (Å²) < 4.78 is 0. The van der Waals surface area contributed by atoms with Crippen molar-refractivity contribution >= 4 is 42.4 Å². The van der Waals surface area contributed by atoms with Gasteiger partial charge in [-0.05, 0) is 33.5 Å². The number of carbonyl (C=O) groups excluding carboxylic acids is 3. The van der Waals surface area contributed by atoms with Gasteiger partial charge in [0, 0.05) is 23.1 Å². The van der Waals surface area contributed by atoms with Crippen LogP contribution < -0.4 is 10.6 Å². The zero-order valence-corrected chi connectivity index (χ0v) is 18.3. The van der Waals surface area contributed by atoms with Crippen molar-refractivity contribution in [3.63, 3.8) is 0 Å². The molecule has 7 nitrogen and oxygen atoms in total. The lowest BCUT2D eigenvalue weighted by Gasteiger charge is -2.30. The summed E-state index contributed by atoms with van der Waals surface area (Å²) in [7, 11) is 1.74. The van der Waals surface area contributed by atoms with E-state index in [1.54, 1.807) is 28.6 Å². The molecule has 0 aliphatic carbocycles. The number of aliphatic carboxylic acids is 1. The van der Waals surface area contributed by atoms with Crippen LogP contribution in [0.1, 0.15) is 54.4 Å². The Balaban J connectivity index is 5.34. The van der Waals surface area contributed by atoms with E-state index in [1.807, 2.05) is 20.8 Å². The summed E-state index contributed by atoms with van der Waals surface area (Å²) in [5.41, 5.74) is -1.08. The van der Waals surface area contributed by atoms with Gasteiger partial charge in [-0.2, -0.15) is 0 Å². The zero-order chi connectivity index (χ0) is 21.4. The Kier molecular flexibility index (Phi) is 10.3. The molecule has 0 radical (unpaired) electrons. The maximum absolute atomic E-state index is 12.8. The van der Waals surface area contributed by atoms with Crippen LogP contribution in [-0.4, -0.2) is 59.1 Å². The number of thioether (sulfide) groups is 1. The Morgan fingerprint density at radius 2 is 1.59 bits per heavy atom. The van der Waals surface area contributed by atoms with Crippen LogP contribution in [0.3, 0.4) is 0 Å². The fraction of sp³-hybridized carbons (Fsp3) is 0.778. The zero-order valence-electron chi connectivity index (χ0n) is 17.5. The topological polar surface area (TPSA) is 113 Å². The second-order valence-electron chi connectivity index (χ2n) is 8.59. The summed E-state index contributed by atoms with van der Waals surface area (Å²) in [6.45, 7) is 10.9. The molecular formula is C18H33BN2O5S. The molecule has 0 saturated carbocycles. The number of carboxylic acids is 1. The van der Waals surface area contributed by atoms with E-state index >= 15 is 0 Å². The van der Waals surface area contributed by atoms with Gasteiger partial charge in [0.15, 0.2) is 10.9 Å². The molecule has 0 aliphatic heterocycles. The van der Waals surface area contributed by atoms with Crippen molar-refractivity contribution in [2.45, 2.75) is 78.3 Å². The molecule has 0 saturated heterocycles. The van der Waals surface area contributed by atoms with Crippen LogP contribution in [0, 0.1) is 5.41 Å². The van der Waals surface area contributed by atoms with Crippen molar-refractivity contribution in [1.82, 2.24) is 10.6 Å². The van der Waals surface area contributed by atoms with Crippen LogP contribution in [0.4, 0.5) is 0 Å². The molecule has 154 valence electrons. The van der Waals surface area contributed by atoms with Crippen molar-refractivity contribution in [2.75, 3.05) is 5.75 Å². The highest BCUT2D eigenvalue weighted by atomic mass is 32.2. The van der Waals surface area contributed by atoms with Gasteiger partial charge in [-0.3, -0.25) is 19.2 Å². The first-order valence-electron chi connectivity index (χ1n) is 9.17. The number of ketones is 1. The molecular weight excluding hydrogens is 367 g/mol. The lowest BCUT2D eigenvalue weighted by atomic mass is 9.87. The molecule has 2 atom stereocenters. The second-order valence-corrected chi connectivity index (χ2v) is 9.67. The number of nitrogens with one attached hydrogen (secondary N) is 2. The molecule has 0 aromatic heterocycles. The van der Waals surface area contributed by atoms with Gasteiger partial charge in [-0.25, -0.2) is 0 Å². The normalized spacial score (nSPS) is 14.3. The molecule has 0 heterocycles. The minimum absolute atomic E-state index is 0.0498. The summed E-state index contributed by atoms with van der Waals surface area (Å²) in [4.78, 5) is 48.0. The third kappa shape index (κ3) is 11.2. The third-order valence-electron chi connectivity index (χ3n) is 3.64. The highest BCUT2D eigenvalue weighted by Crippen LogP contribution is 2.20. The van der Waals surface area contributed by atoms with Crippen molar-refractivity contribution in [2.24, 2.45) is 5.41 Å². The average Bonchev–Trinajstić information content (AvgIpc) is 2.51. The highest BCUT2D eigenvalue weighted by Gasteiger charge is 2.33. The second kappa shape index (κ2) is 10.9. The number of Topliss-reactive ketones (excluding diaryl/α,β-unsaturated/α-hetero) is 1. The number of amides is 1. The maximum Gasteiger partial charge on any atom is 0.303 e. The number of hydrogen-bond acceptors (Lipinski definition) is 6. The number of carboxylic acid groups (broad SMARTS) is 1. The van der Waals surface area contributed by atoms with Gasteiger partial charge in [0.2, 0.25) is 5.91 Å². The molecule has 9 heteroatoms. The van der Waals surface area contributed by atoms with E-state index in [1.165, 1.54) is 0 Å². The molecule has 1 amide bonds. The Hall–Kier alpha value is -1.35. The number of rotatable bonds is 10. The molecule has 0 rings (SSSR count). The smallest absolute Gasteiger partial charge is 0.303 e. The summed E-state index contributed by atoms with van der Waals surface area (Å²) in [5, 5.41) is 14.7. The Morgan fingerprint density at radius 3 is 2.00 bits per heavy atom. The first-order chi connectivity index (χ1) is 12.2. The highest BCUT2D eigenvalue weighted by molar-refractivity contribution is 8.13. The summed E-state index contributed by atoms with van der Waals surface area (Å²) >= 11 is 1.03. The van der Waals surface area contributed by atoms with Crippen LogP contribution in [0.25, 0.3) is 0 Å². The van der Waals surface area contributed by atoms with Gasteiger partial charge in [0.05, 0.1) is 12.1 Å². The molecule has 0 aromatic rings. The van der Waals surface area contributed by atoms with Gasteiger partial charge in [-0.15, -0.1) is 0 Å². The minimum Gasteiger partial charge on any atom is -0.481 e. The fourth-order valence-corrected chi connectivity index (χ4v) is 3.11. The molecule has 0 spiro atoms. The number of carbonyl (C=O) groups is 4. The lowest BCUT2D eigenvalue weighted by Crippen LogP contribution is -2.56. The predicted molar refractivity (Wildman–Crippen MR) is 111 cm³/mol. The van der Waals surface area contributed by atoms with E-state index in [-0.39, 0.29) is 29.5 Å². The van der Waals surface area contributed by atoms with Gasteiger partial charge >= 0.3 is 5.97 Å². The first-order valence-corrected chi connectivity index (χ1v) is 10.2. The van der Waals surface area contributed by atoms with Crippen molar-refractivity contribution in [3.8, 4) is 0 Å². The van der Waals surface area contributed by atoms with E-state index in [2.05, 4.69) is 10.6 Å². The average molecular weight is 400 g/mol. The molecule has 1 unspecified atom stereocenters. The van der Waals surface area contributed by atoms with E-state index in [0.717, 1.165) is 11.8 Å². The molecule has 0 aliphatic rings. The lowest BCUT2D eigenvalue weighted by molar-refractivity contribution is -0.138. The van der Waals surface area contributed by atoms with E-state index < -0.39 is 34.9 Å². The largest absolute Gasteiger partial charge is 0.481 e. The van der Waals surface area contributed by atoms with Gasteiger partial charge < -0.3 is 15.7 Å². The van der Waals surface area contributed by atoms with Crippen LogP contribution >= 0.6 is 11.8 Å². The number of hydrogen-bond donors (Lipinski definition) is 3. The maximum atomic E-state index is 12.8.